The first kappa shape index (κ1) is 10.8. The zero-order chi connectivity index (χ0) is 11.0. The minimum atomic E-state index is -0.238. The first-order chi connectivity index (χ1) is 7.86. The van der Waals surface area contributed by atoms with E-state index < -0.39 is 0 Å². The molecule has 16 heavy (non-hydrogen) atoms. The summed E-state index contributed by atoms with van der Waals surface area (Å²) in [5.74, 6) is 1.36. The topological polar surface area (TPSA) is 29.5 Å². The summed E-state index contributed by atoms with van der Waals surface area (Å²) in [5, 5.41) is 10.2. The molecule has 1 saturated heterocycles. The van der Waals surface area contributed by atoms with E-state index in [-0.39, 0.29) is 12.2 Å². The molecule has 1 aliphatic carbocycles. The lowest BCUT2D eigenvalue weighted by Gasteiger charge is -2.30. The van der Waals surface area contributed by atoms with Crippen LogP contribution in [-0.2, 0) is 4.74 Å². The SMILES string of the molecule is O[C@@H]1CC/C=C\C[C@@H]2O[C@H]1[C@H]1CCCC[C@H]12. The normalized spacial score (nSPS) is 49.9. The Bertz CT molecular complexity index is 274. The second-order valence-corrected chi connectivity index (χ2v) is 5.60. The molecular formula is C14H22O2. The Hall–Kier alpha value is -0.340. The van der Waals surface area contributed by atoms with E-state index in [1.807, 2.05) is 0 Å². The molecule has 2 fully saturated rings. The van der Waals surface area contributed by atoms with Gasteiger partial charge < -0.3 is 9.84 Å². The highest BCUT2D eigenvalue weighted by Gasteiger charge is 2.47. The molecule has 0 amide bonds. The van der Waals surface area contributed by atoms with Gasteiger partial charge in [-0.1, -0.05) is 25.0 Å². The van der Waals surface area contributed by atoms with Crippen molar-refractivity contribution in [1.82, 2.24) is 0 Å². The molecule has 2 heteroatoms. The maximum atomic E-state index is 10.2. The van der Waals surface area contributed by atoms with Crippen LogP contribution in [0.2, 0.25) is 0 Å². The van der Waals surface area contributed by atoms with Gasteiger partial charge in [-0.25, -0.2) is 0 Å². The quantitative estimate of drug-likeness (QED) is 0.638. The summed E-state index contributed by atoms with van der Waals surface area (Å²) in [5.41, 5.74) is 0. The molecule has 0 unspecified atom stereocenters. The van der Waals surface area contributed by atoms with Crippen molar-refractivity contribution < 1.29 is 9.84 Å². The molecule has 0 radical (unpaired) electrons. The molecular weight excluding hydrogens is 200 g/mol. The van der Waals surface area contributed by atoms with Crippen LogP contribution in [0.3, 0.4) is 0 Å². The minimum absolute atomic E-state index is 0.134. The molecule has 3 aliphatic rings. The molecule has 0 aromatic carbocycles. The maximum absolute atomic E-state index is 10.2. The van der Waals surface area contributed by atoms with Crippen LogP contribution in [-0.4, -0.2) is 23.4 Å². The van der Waals surface area contributed by atoms with Gasteiger partial charge in [0, 0.05) is 0 Å². The summed E-state index contributed by atoms with van der Waals surface area (Å²) >= 11 is 0. The fourth-order valence-electron chi connectivity index (χ4n) is 3.85. The second kappa shape index (κ2) is 4.50. The summed E-state index contributed by atoms with van der Waals surface area (Å²) in [7, 11) is 0. The average Bonchev–Trinajstić information content (AvgIpc) is 2.71. The van der Waals surface area contributed by atoms with Gasteiger partial charge in [0.1, 0.15) is 0 Å². The van der Waals surface area contributed by atoms with Gasteiger partial charge in [-0.2, -0.15) is 0 Å². The van der Waals surface area contributed by atoms with Crippen molar-refractivity contribution in [2.45, 2.75) is 63.3 Å². The standard InChI is InChI=1S/C14H22O2/c15-12-8-2-1-3-9-13-10-6-4-5-7-11(10)14(12)16-13/h1,3,10-15H,2,4-9H2/b3-1-/t10-,11+,12-,13+,14+/m1/s1. The summed E-state index contributed by atoms with van der Waals surface area (Å²) in [6, 6.07) is 0. The van der Waals surface area contributed by atoms with Crippen LogP contribution < -0.4 is 0 Å². The van der Waals surface area contributed by atoms with Gasteiger partial charge in [-0.15, -0.1) is 0 Å². The number of ether oxygens (including phenoxy) is 1. The Balaban J connectivity index is 1.83. The average molecular weight is 222 g/mol. The molecule has 5 atom stereocenters. The molecule has 90 valence electrons. The molecule has 2 heterocycles. The zero-order valence-corrected chi connectivity index (χ0v) is 9.85. The lowest BCUT2D eigenvalue weighted by atomic mass is 9.74. The molecule has 2 nitrogen and oxygen atoms in total. The van der Waals surface area contributed by atoms with E-state index in [1.165, 1.54) is 25.7 Å². The molecule has 2 aliphatic heterocycles. The Labute approximate surface area is 97.7 Å². The van der Waals surface area contributed by atoms with Gasteiger partial charge in [0.2, 0.25) is 0 Å². The van der Waals surface area contributed by atoms with Crippen LogP contribution >= 0.6 is 0 Å². The zero-order valence-electron chi connectivity index (χ0n) is 9.85. The lowest BCUT2D eigenvalue weighted by molar-refractivity contribution is -0.0484. The molecule has 2 bridgehead atoms. The Morgan fingerprint density at radius 2 is 1.81 bits per heavy atom. The number of allylic oxidation sites excluding steroid dienone is 1. The van der Waals surface area contributed by atoms with Gasteiger partial charge in [0.25, 0.3) is 0 Å². The summed E-state index contributed by atoms with van der Waals surface area (Å²) in [4.78, 5) is 0. The predicted molar refractivity (Wildman–Crippen MR) is 63.1 cm³/mol. The summed E-state index contributed by atoms with van der Waals surface area (Å²) < 4.78 is 6.14. The van der Waals surface area contributed by atoms with E-state index in [9.17, 15) is 5.11 Å². The van der Waals surface area contributed by atoms with E-state index in [0.717, 1.165) is 25.2 Å². The number of hydrogen-bond acceptors (Lipinski definition) is 2. The van der Waals surface area contributed by atoms with Crippen molar-refractivity contribution in [2.75, 3.05) is 0 Å². The van der Waals surface area contributed by atoms with E-state index in [1.54, 1.807) is 0 Å². The van der Waals surface area contributed by atoms with E-state index >= 15 is 0 Å². The number of rotatable bonds is 0. The highest BCUT2D eigenvalue weighted by atomic mass is 16.5. The van der Waals surface area contributed by atoms with Crippen molar-refractivity contribution in [1.29, 1.82) is 0 Å². The summed E-state index contributed by atoms with van der Waals surface area (Å²) in [6.45, 7) is 0. The van der Waals surface area contributed by atoms with Crippen LogP contribution in [0.5, 0.6) is 0 Å². The molecule has 3 rings (SSSR count). The van der Waals surface area contributed by atoms with Gasteiger partial charge >= 0.3 is 0 Å². The largest absolute Gasteiger partial charge is 0.390 e. The molecule has 0 spiro atoms. The van der Waals surface area contributed by atoms with Crippen molar-refractivity contribution in [3.63, 3.8) is 0 Å². The highest BCUT2D eigenvalue weighted by molar-refractivity contribution is 5.00. The van der Waals surface area contributed by atoms with Crippen LogP contribution in [0, 0.1) is 11.8 Å². The van der Waals surface area contributed by atoms with Gasteiger partial charge in [-0.3, -0.25) is 0 Å². The third kappa shape index (κ3) is 1.82. The fourth-order valence-corrected chi connectivity index (χ4v) is 3.85. The van der Waals surface area contributed by atoms with Gasteiger partial charge in [-0.05, 0) is 43.9 Å². The van der Waals surface area contributed by atoms with E-state index in [0.29, 0.717) is 12.0 Å². The smallest absolute Gasteiger partial charge is 0.0869 e. The number of aliphatic hydroxyl groups is 1. The minimum Gasteiger partial charge on any atom is -0.390 e. The third-order valence-electron chi connectivity index (χ3n) is 4.65. The van der Waals surface area contributed by atoms with Crippen molar-refractivity contribution >= 4 is 0 Å². The van der Waals surface area contributed by atoms with Crippen LogP contribution in [0.15, 0.2) is 12.2 Å². The van der Waals surface area contributed by atoms with Crippen LogP contribution in [0.25, 0.3) is 0 Å². The van der Waals surface area contributed by atoms with Crippen molar-refractivity contribution in [2.24, 2.45) is 11.8 Å². The van der Waals surface area contributed by atoms with E-state index in [4.69, 9.17) is 4.74 Å². The Kier molecular flexibility index (Phi) is 3.03. The molecule has 1 saturated carbocycles. The van der Waals surface area contributed by atoms with E-state index in [2.05, 4.69) is 12.2 Å². The number of aliphatic hydroxyl groups excluding tert-OH is 1. The fraction of sp³-hybridized carbons (Fsp3) is 0.857. The van der Waals surface area contributed by atoms with Crippen molar-refractivity contribution in [3.05, 3.63) is 12.2 Å². The third-order valence-corrected chi connectivity index (χ3v) is 4.65. The summed E-state index contributed by atoms with van der Waals surface area (Å²) in [6.07, 6.45) is 13.0. The Morgan fingerprint density at radius 3 is 2.69 bits per heavy atom. The maximum Gasteiger partial charge on any atom is 0.0869 e. The number of fused-ring (bicyclic) bond motifs is 5. The molecule has 0 aromatic rings. The second-order valence-electron chi connectivity index (χ2n) is 5.60. The first-order valence-corrected chi connectivity index (χ1v) is 6.85. The lowest BCUT2D eigenvalue weighted by Crippen LogP contribution is -2.34. The van der Waals surface area contributed by atoms with Crippen LogP contribution in [0.4, 0.5) is 0 Å². The highest BCUT2D eigenvalue weighted by Crippen LogP contribution is 2.45. The van der Waals surface area contributed by atoms with Gasteiger partial charge in [0.15, 0.2) is 0 Å². The molecule has 0 aromatic heterocycles. The monoisotopic (exact) mass is 222 g/mol. The molecule has 1 N–H and O–H groups in total. The Morgan fingerprint density at radius 1 is 1.00 bits per heavy atom. The van der Waals surface area contributed by atoms with Crippen molar-refractivity contribution in [3.8, 4) is 0 Å². The van der Waals surface area contributed by atoms with Gasteiger partial charge in [0.05, 0.1) is 18.3 Å². The predicted octanol–water partition coefficient (Wildman–Crippen LogP) is 2.66. The first-order valence-electron chi connectivity index (χ1n) is 6.85. The van der Waals surface area contributed by atoms with Crippen LogP contribution in [0.1, 0.15) is 44.9 Å². The number of hydrogen-bond donors (Lipinski definition) is 1.